The summed E-state index contributed by atoms with van der Waals surface area (Å²) in [5.41, 5.74) is 6.52. The quantitative estimate of drug-likeness (QED) is 0.802. The van der Waals surface area contributed by atoms with Crippen LogP contribution in [0.4, 0.5) is 0 Å². The molecule has 0 aliphatic rings. The molecule has 5 nitrogen and oxygen atoms in total. The van der Waals surface area contributed by atoms with Crippen LogP contribution >= 0.6 is 11.3 Å². The van der Waals surface area contributed by atoms with Crippen molar-refractivity contribution in [3.63, 3.8) is 0 Å². The Morgan fingerprint density at radius 3 is 3.25 bits per heavy atom. The maximum Gasteiger partial charge on any atom is 0.323 e. The molecule has 86 valence electrons. The number of ether oxygens (including phenoxy) is 1. The van der Waals surface area contributed by atoms with E-state index in [1.165, 1.54) is 0 Å². The molecule has 0 spiro atoms. The van der Waals surface area contributed by atoms with Crippen LogP contribution in [0.5, 0.6) is 0 Å². The number of carbonyl (C=O) groups excluding carboxylic acids is 1. The minimum absolute atomic E-state index is 0.352. The minimum atomic E-state index is -0.635. The van der Waals surface area contributed by atoms with E-state index in [1.54, 1.807) is 18.3 Å². The molecule has 0 bridgehead atoms. The zero-order valence-electron chi connectivity index (χ0n) is 8.92. The Kier molecular flexibility index (Phi) is 3.21. The highest BCUT2D eigenvalue weighted by Gasteiger charge is 2.16. The van der Waals surface area contributed by atoms with E-state index in [2.05, 4.69) is 4.98 Å². The maximum atomic E-state index is 11.3. The van der Waals surface area contributed by atoms with Gasteiger partial charge in [-0.05, 0) is 6.92 Å². The molecule has 0 amide bonds. The Hall–Kier alpha value is -1.40. The molecule has 2 rings (SSSR count). The molecule has 0 fully saturated rings. The number of esters is 1. The van der Waals surface area contributed by atoms with Gasteiger partial charge >= 0.3 is 5.97 Å². The molecule has 1 atom stereocenters. The normalized spacial score (nSPS) is 12.9. The lowest BCUT2D eigenvalue weighted by Crippen LogP contribution is -2.34. The second-order valence-corrected chi connectivity index (χ2v) is 4.26. The van der Waals surface area contributed by atoms with Crippen LogP contribution < -0.4 is 5.73 Å². The molecule has 0 radical (unpaired) electrons. The van der Waals surface area contributed by atoms with Gasteiger partial charge in [0.15, 0.2) is 4.96 Å². The van der Waals surface area contributed by atoms with Gasteiger partial charge in [-0.25, -0.2) is 4.98 Å². The molecule has 6 heteroatoms. The summed E-state index contributed by atoms with van der Waals surface area (Å²) in [7, 11) is 0. The largest absolute Gasteiger partial charge is 0.465 e. The lowest BCUT2D eigenvalue weighted by molar-refractivity contribution is -0.144. The molecule has 2 aromatic rings. The number of hydrogen-bond acceptors (Lipinski definition) is 5. The van der Waals surface area contributed by atoms with E-state index in [1.807, 2.05) is 22.2 Å². The first-order valence-electron chi connectivity index (χ1n) is 5.04. The Balaban J connectivity index is 2.04. The molecule has 0 aliphatic heterocycles. The Morgan fingerprint density at radius 1 is 1.75 bits per heavy atom. The summed E-state index contributed by atoms with van der Waals surface area (Å²) in [6, 6.07) is -0.635. The number of aromatic nitrogens is 2. The first-order valence-corrected chi connectivity index (χ1v) is 5.92. The summed E-state index contributed by atoms with van der Waals surface area (Å²) >= 11 is 1.55. The average molecular weight is 239 g/mol. The van der Waals surface area contributed by atoms with Gasteiger partial charge in [0.05, 0.1) is 12.3 Å². The second-order valence-electron chi connectivity index (χ2n) is 3.39. The Bertz CT molecular complexity index is 462. The predicted molar refractivity (Wildman–Crippen MR) is 61.4 cm³/mol. The van der Waals surface area contributed by atoms with E-state index in [0.29, 0.717) is 13.0 Å². The predicted octanol–water partition coefficient (Wildman–Crippen LogP) is 0.829. The third kappa shape index (κ3) is 2.23. The zero-order chi connectivity index (χ0) is 11.5. The molecule has 0 saturated heterocycles. The van der Waals surface area contributed by atoms with Gasteiger partial charge in [-0.15, -0.1) is 11.3 Å². The van der Waals surface area contributed by atoms with Gasteiger partial charge in [0, 0.05) is 24.2 Å². The summed E-state index contributed by atoms with van der Waals surface area (Å²) in [5, 5.41) is 1.96. The van der Waals surface area contributed by atoms with Crippen molar-refractivity contribution in [2.75, 3.05) is 6.61 Å². The van der Waals surface area contributed by atoms with Crippen molar-refractivity contribution in [2.24, 2.45) is 5.73 Å². The fraction of sp³-hybridized carbons (Fsp3) is 0.400. The molecule has 0 aliphatic carbocycles. The molecular formula is C10H13N3O2S. The summed E-state index contributed by atoms with van der Waals surface area (Å²) in [6.07, 6.45) is 4.21. The number of carbonyl (C=O) groups is 1. The molecule has 1 unspecified atom stereocenters. The summed E-state index contributed by atoms with van der Waals surface area (Å²) in [6.45, 7) is 2.11. The third-order valence-electron chi connectivity index (χ3n) is 2.16. The van der Waals surface area contributed by atoms with Crippen molar-refractivity contribution < 1.29 is 9.53 Å². The maximum absolute atomic E-state index is 11.3. The molecular weight excluding hydrogens is 226 g/mol. The highest BCUT2D eigenvalue weighted by atomic mass is 32.1. The number of thiazole rings is 1. The van der Waals surface area contributed by atoms with Gasteiger partial charge in [-0.2, -0.15) is 0 Å². The minimum Gasteiger partial charge on any atom is -0.465 e. The fourth-order valence-corrected chi connectivity index (χ4v) is 2.15. The van der Waals surface area contributed by atoms with Crippen molar-refractivity contribution in [3.8, 4) is 0 Å². The van der Waals surface area contributed by atoms with E-state index in [-0.39, 0.29) is 5.97 Å². The number of nitrogens with two attached hydrogens (primary N) is 1. The van der Waals surface area contributed by atoms with Crippen LogP contribution in [0.3, 0.4) is 0 Å². The van der Waals surface area contributed by atoms with E-state index < -0.39 is 6.04 Å². The van der Waals surface area contributed by atoms with Crippen molar-refractivity contribution in [2.45, 2.75) is 19.4 Å². The number of imidazole rings is 1. The van der Waals surface area contributed by atoms with E-state index in [4.69, 9.17) is 10.5 Å². The number of fused-ring (bicyclic) bond motifs is 1. The SMILES string of the molecule is CCOC(=O)C(N)Cc1cn2ccsc2n1. The number of nitrogens with zero attached hydrogens (tertiary/aromatic N) is 2. The topological polar surface area (TPSA) is 69.6 Å². The van der Waals surface area contributed by atoms with Crippen molar-refractivity contribution in [1.29, 1.82) is 0 Å². The van der Waals surface area contributed by atoms with Gasteiger partial charge < -0.3 is 10.5 Å². The van der Waals surface area contributed by atoms with Crippen LogP contribution in [0.2, 0.25) is 0 Å². The van der Waals surface area contributed by atoms with Crippen molar-refractivity contribution in [3.05, 3.63) is 23.5 Å². The lowest BCUT2D eigenvalue weighted by atomic mass is 10.2. The van der Waals surface area contributed by atoms with Crippen LogP contribution in [0.25, 0.3) is 4.96 Å². The molecule has 0 aromatic carbocycles. The summed E-state index contributed by atoms with van der Waals surface area (Å²) in [5.74, 6) is -0.376. The third-order valence-corrected chi connectivity index (χ3v) is 2.93. The van der Waals surface area contributed by atoms with Gasteiger partial charge in [0.1, 0.15) is 6.04 Å². The smallest absolute Gasteiger partial charge is 0.323 e. The molecule has 0 saturated carbocycles. The van der Waals surface area contributed by atoms with Crippen LogP contribution in [-0.4, -0.2) is 28.0 Å². The van der Waals surface area contributed by atoms with Gasteiger partial charge in [-0.3, -0.25) is 9.20 Å². The molecule has 2 heterocycles. The Labute approximate surface area is 96.8 Å². The van der Waals surface area contributed by atoms with Crippen LogP contribution in [0, 0.1) is 0 Å². The summed E-state index contributed by atoms with van der Waals surface area (Å²) in [4.78, 5) is 16.6. The van der Waals surface area contributed by atoms with Crippen LogP contribution in [0.1, 0.15) is 12.6 Å². The van der Waals surface area contributed by atoms with Crippen molar-refractivity contribution in [1.82, 2.24) is 9.38 Å². The summed E-state index contributed by atoms with van der Waals surface area (Å²) < 4.78 is 6.75. The molecule has 16 heavy (non-hydrogen) atoms. The van der Waals surface area contributed by atoms with Gasteiger partial charge in [0.2, 0.25) is 0 Å². The first kappa shape index (κ1) is 11.1. The first-order chi connectivity index (χ1) is 7.70. The lowest BCUT2D eigenvalue weighted by Gasteiger charge is -2.08. The second kappa shape index (κ2) is 4.63. The zero-order valence-corrected chi connectivity index (χ0v) is 9.74. The van der Waals surface area contributed by atoms with Crippen LogP contribution in [0.15, 0.2) is 17.8 Å². The highest BCUT2D eigenvalue weighted by Crippen LogP contribution is 2.12. The van der Waals surface area contributed by atoms with Crippen LogP contribution in [-0.2, 0) is 16.0 Å². The average Bonchev–Trinajstić information content (AvgIpc) is 2.78. The van der Waals surface area contributed by atoms with Crippen molar-refractivity contribution >= 4 is 22.3 Å². The van der Waals surface area contributed by atoms with E-state index in [9.17, 15) is 4.79 Å². The van der Waals surface area contributed by atoms with E-state index in [0.717, 1.165) is 10.7 Å². The Morgan fingerprint density at radius 2 is 2.56 bits per heavy atom. The standard InChI is InChI=1S/C10H13N3O2S/c1-2-15-9(14)8(11)5-7-6-13-3-4-16-10(13)12-7/h3-4,6,8H,2,5,11H2,1H3. The molecule has 2 N–H and O–H groups in total. The molecule has 2 aromatic heterocycles. The monoisotopic (exact) mass is 239 g/mol. The number of hydrogen-bond donors (Lipinski definition) is 1. The van der Waals surface area contributed by atoms with E-state index >= 15 is 0 Å². The number of rotatable bonds is 4. The van der Waals surface area contributed by atoms with Gasteiger partial charge in [0.25, 0.3) is 0 Å². The van der Waals surface area contributed by atoms with Gasteiger partial charge in [-0.1, -0.05) is 0 Å². The highest BCUT2D eigenvalue weighted by molar-refractivity contribution is 7.15. The fourth-order valence-electron chi connectivity index (χ4n) is 1.43.